The van der Waals surface area contributed by atoms with Crippen molar-refractivity contribution in [1.82, 2.24) is 0 Å². The molecule has 1 aromatic carbocycles. The fraction of sp³-hybridized carbons (Fsp3) is 0.333. The first-order chi connectivity index (χ1) is 7.31. The Morgan fingerprint density at radius 2 is 2.20 bits per heavy atom. The smallest absolute Gasteiger partial charge is 0.134 e. The number of furan rings is 1. The average molecular weight is 205 g/mol. The lowest BCUT2D eigenvalue weighted by Gasteiger charge is -2.07. The summed E-state index contributed by atoms with van der Waals surface area (Å²) in [5.41, 5.74) is 6.80. The van der Waals surface area contributed by atoms with Crippen LogP contribution in [0.15, 0.2) is 34.7 Å². The first-order valence-electron chi connectivity index (χ1n) is 5.13. The molecular weight excluding hydrogens is 190 g/mol. The molecule has 1 unspecified atom stereocenters. The standard InChI is InChI=1S/C12H15NO2/c1-2-14-8-10(13)12-7-9-5-3-4-6-11(9)15-12/h3-7,10H,2,8,13H2,1H3. The van der Waals surface area contributed by atoms with E-state index in [1.807, 2.05) is 37.3 Å². The Balaban J connectivity index is 2.20. The fourth-order valence-electron chi connectivity index (χ4n) is 1.51. The molecule has 1 atom stereocenters. The lowest BCUT2D eigenvalue weighted by Crippen LogP contribution is -2.16. The highest BCUT2D eigenvalue weighted by Crippen LogP contribution is 2.22. The van der Waals surface area contributed by atoms with Crippen molar-refractivity contribution >= 4 is 11.0 Å². The normalized spacial score (nSPS) is 13.2. The van der Waals surface area contributed by atoms with Gasteiger partial charge in [0.2, 0.25) is 0 Å². The molecule has 0 fully saturated rings. The zero-order valence-electron chi connectivity index (χ0n) is 8.77. The maximum atomic E-state index is 5.93. The third-order valence-corrected chi connectivity index (χ3v) is 2.31. The summed E-state index contributed by atoms with van der Waals surface area (Å²) >= 11 is 0. The van der Waals surface area contributed by atoms with Crippen molar-refractivity contribution in [3.8, 4) is 0 Å². The van der Waals surface area contributed by atoms with Crippen LogP contribution in [0.4, 0.5) is 0 Å². The minimum Gasteiger partial charge on any atom is -0.459 e. The molecule has 1 heterocycles. The van der Waals surface area contributed by atoms with Gasteiger partial charge >= 0.3 is 0 Å². The molecular formula is C12H15NO2. The van der Waals surface area contributed by atoms with Crippen LogP contribution in [0.5, 0.6) is 0 Å². The Morgan fingerprint density at radius 1 is 1.40 bits per heavy atom. The van der Waals surface area contributed by atoms with E-state index in [-0.39, 0.29) is 6.04 Å². The molecule has 0 saturated heterocycles. The Kier molecular flexibility index (Phi) is 3.04. The van der Waals surface area contributed by atoms with Crippen LogP contribution in [0.1, 0.15) is 18.7 Å². The van der Waals surface area contributed by atoms with Crippen molar-refractivity contribution in [3.63, 3.8) is 0 Å². The van der Waals surface area contributed by atoms with Crippen LogP contribution in [0.2, 0.25) is 0 Å². The summed E-state index contributed by atoms with van der Waals surface area (Å²) in [6.45, 7) is 3.12. The third kappa shape index (κ3) is 2.19. The summed E-state index contributed by atoms with van der Waals surface area (Å²) in [4.78, 5) is 0. The molecule has 0 bridgehead atoms. The Labute approximate surface area is 88.8 Å². The van der Waals surface area contributed by atoms with Gasteiger partial charge in [-0.05, 0) is 19.1 Å². The van der Waals surface area contributed by atoms with E-state index in [1.54, 1.807) is 0 Å². The van der Waals surface area contributed by atoms with Gasteiger partial charge < -0.3 is 14.9 Å². The lowest BCUT2D eigenvalue weighted by atomic mass is 10.2. The Bertz CT molecular complexity index is 403. The van der Waals surface area contributed by atoms with E-state index in [0.29, 0.717) is 13.2 Å². The summed E-state index contributed by atoms with van der Waals surface area (Å²) in [5, 5.41) is 1.08. The SMILES string of the molecule is CCOCC(N)c1cc2ccccc2o1. The maximum Gasteiger partial charge on any atom is 0.134 e. The number of hydrogen-bond acceptors (Lipinski definition) is 3. The quantitative estimate of drug-likeness (QED) is 0.834. The van der Waals surface area contributed by atoms with E-state index in [0.717, 1.165) is 16.7 Å². The van der Waals surface area contributed by atoms with Gasteiger partial charge in [0.05, 0.1) is 12.6 Å². The summed E-state index contributed by atoms with van der Waals surface area (Å²) in [6, 6.07) is 9.66. The second-order valence-electron chi connectivity index (χ2n) is 3.45. The molecule has 0 saturated carbocycles. The predicted octanol–water partition coefficient (Wildman–Crippen LogP) is 2.47. The number of hydrogen-bond donors (Lipinski definition) is 1. The number of fused-ring (bicyclic) bond motifs is 1. The fourth-order valence-corrected chi connectivity index (χ4v) is 1.51. The van der Waals surface area contributed by atoms with Crippen LogP contribution < -0.4 is 5.73 Å². The van der Waals surface area contributed by atoms with E-state index in [1.165, 1.54) is 0 Å². The van der Waals surface area contributed by atoms with Crippen molar-refractivity contribution < 1.29 is 9.15 Å². The van der Waals surface area contributed by atoms with E-state index in [2.05, 4.69) is 0 Å². The molecule has 3 heteroatoms. The minimum atomic E-state index is -0.183. The summed E-state index contributed by atoms with van der Waals surface area (Å²) in [7, 11) is 0. The van der Waals surface area contributed by atoms with Crippen LogP contribution in [0, 0.1) is 0 Å². The lowest BCUT2D eigenvalue weighted by molar-refractivity contribution is 0.128. The van der Waals surface area contributed by atoms with Gasteiger partial charge in [-0.1, -0.05) is 18.2 Å². The largest absolute Gasteiger partial charge is 0.459 e. The molecule has 2 rings (SSSR count). The Hall–Kier alpha value is -1.32. The van der Waals surface area contributed by atoms with Gasteiger partial charge in [0.25, 0.3) is 0 Å². The van der Waals surface area contributed by atoms with Gasteiger partial charge in [0.15, 0.2) is 0 Å². The van der Waals surface area contributed by atoms with Gasteiger partial charge in [-0.25, -0.2) is 0 Å². The van der Waals surface area contributed by atoms with Crippen molar-refractivity contribution in [2.24, 2.45) is 5.73 Å². The number of para-hydroxylation sites is 1. The Morgan fingerprint density at radius 3 is 2.93 bits per heavy atom. The molecule has 2 aromatic rings. The summed E-state index contributed by atoms with van der Waals surface area (Å²) < 4.78 is 10.9. The van der Waals surface area contributed by atoms with Crippen molar-refractivity contribution in [3.05, 3.63) is 36.1 Å². The highest BCUT2D eigenvalue weighted by molar-refractivity contribution is 5.77. The zero-order chi connectivity index (χ0) is 10.7. The van der Waals surface area contributed by atoms with E-state index < -0.39 is 0 Å². The molecule has 0 amide bonds. The summed E-state index contributed by atoms with van der Waals surface area (Å²) in [6.07, 6.45) is 0. The van der Waals surface area contributed by atoms with E-state index >= 15 is 0 Å². The molecule has 0 aliphatic heterocycles. The van der Waals surface area contributed by atoms with Crippen LogP contribution in [0.25, 0.3) is 11.0 Å². The maximum absolute atomic E-state index is 5.93. The van der Waals surface area contributed by atoms with Crippen molar-refractivity contribution in [1.29, 1.82) is 0 Å². The van der Waals surface area contributed by atoms with E-state index in [4.69, 9.17) is 14.9 Å². The number of ether oxygens (including phenoxy) is 1. The molecule has 80 valence electrons. The van der Waals surface area contributed by atoms with Crippen LogP contribution in [-0.2, 0) is 4.74 Å². The molecule has 2 N–H and O–H groups in total. The van der Waals surface area contributed by atoms with Crippen LogP contribution in [0.3, 0.4) is 0 Å². The second kappa shape index (κ2) is 4.47. The minimum absolute atomic E-state index is 0.183. The van der Waals surface area contributed by atoms with E-state index in [9.17, 15) is 0 Å². The number of nitrogens with two attached hydrogens (primary N) is 1. The summed E-state index contributed by atoms with van der Waals surface area (Å²) in [5.74, 6) is 0.782. The average Bonchev–Trinajstić information content (AvgIpc) is 2.69. The highest BCUT2D eigenvalue weighted by Gasteiger charge is 2.11. The molecule has 0 radical (unpaired) electrons. The van der Waals surface area contributed by atoms with Gasteiger partial charge in [-0.15, -0.1) is 0 Å². The van der Waals surface area contributed by atoms with Crippen LogP contribution >= 0.6 is 0 Å². The molecule has 0 spiro atoms. The molecule has 0 aliphatic carbocycles. The van der Waals surface area contributed by atoms with Crippen LogP contribution in [-0.4, -0.2) is 13.2 Å². The van der Waals surface area contributed by atoms with Crippen molar-refractivity contribution in [2.45, 2.75) is 13.0 Å². The molecule has 1 aromatic heterocycles. The first kappa shape index (κ1) is 10.2. The van der Waals surface area contributed by atoms with Crippen molar-refractivity contribution in [2.75, 3.05) is 13.2 Å². The number of benzene rings is 1. The topological polar surface area (TPSA) is 48.4 Å². The number of rotatable bonds is 4. The van der Waals surface area contributed by atoms with Gasteiger partial charge in [0.1, 0.15) is 11.3 Å². The monoisotopic (exact) mass is 205 g/mol. The molecule has 0 aliphatic rings. The third-order valence-electron chi connectivity index (χ3n) is 2.31. The van der Waals surface area contributed by atoms with Gasteiger partial charge in [0, 0.05) is 12.0 Å². The second-order valence-corrected chi connectivity index (χ2v) is 3.45. The first-order valence-corrected chi connectivity index (χ1v) is 5.13. The predicted molar refractivity (Wildman–Crippen MR) is 59.6 cm³/mol. The highest BCUT2D eigenvalue weighted by atomic mass is 16.5. The molecule has 3 nitrogen and oxygen atoms in total. The molecule has 15 heavy (non-hydrogen) atoms. The van der Waals surface area contributed by atoms with Gasteiger partial charge in [-0.3, -0.25) is 0 Å². The van der Waals surface area contributed by atoms with Gasteiger partial charge in [-0.2, -0.15) is 0 Å². The zero-order valence-corrected chi connectivity index (χ0v) is 8.77.